The van der Waals surface area contributed by atoms with E-state index in [0.29, 0.717) is 13.2 Å². The Bertz CT molecular complexity index is 459. The summed E-state index contributed by atoms with van der Waals surface area (Å²) in [6.07, 6.45) is 2.17. The highest BCUT2D eigenvalue weighted by Crippen LogP contribution is 2.63. The van der Waals surface area contributed by atoms with Gasteiger partial charge in [0.05, 0.1) is 25.7 Å². The van der Waals surface area contributed by atoms with E-state index in [1.165, 1.54) is 11.1 Å². The lowest BCUT2D eigenvalue weighted by atomic mass is 9.66. The highest BCUT2D eigenvalue weighted by Gasteiger charge is 2.64. The van der Waals surface area contributed by atoms with Crippen molar-refractivity contribution in [3.8, 4) is 5.75 Å². The van der Waals surface area contributed by atoms with Crippen LogP contribution < -0.4 is 4.74 Å². The zero-order valence-electron chi connectivity index (χ0n) is 11.0. The van der Waals surface area contributed by atoms with Crippen molar-refractivity contribution >= 4 is 0 Å². The summed E-state index contributed by atoms with van der Waals surface area (Å²) in [6, 6.07) is 6.28. The van der Waals surface area contributed by atoms with E-state index in [4.69, 9.17) is 9.47 Å². The van der Waals surface area contributed by atoms with Gasteiger partial charge in [-0.15, -0.1) is 0 Å². The quantitative estimate of drug-likeness (QED) is 0.886. The van der Waals surface area contributed by atoms with Gasteiger partial charge in [0.1, 0.15) is 5.75 Å². The lowest BCUT2D eigenvalue weighted by Gasteiger charge is -2.48. The van der Waals surface area contributed by atoms with Crippen LogP contribution in [0.15, 0.2) is 18.2 Å². The molecule has 0 radical (unpaired) electrons. The Hall–Kier alpha value is -1.06. The molecule has 3 nitrogen and oxygen atoms in total. The first-order chi connectivity index (χ1) is 8.67. The number of ether oxygens (including phenoxy) is 2. The molecule has 98 valence electrons. The number of hydrogen-bond donors (Lipinski definition) is 1. The van der Waals surface area contributed by atoms with Crippen molar-refractivity contribution in [2.45, 2.75) is 25.2 Å². The molecule has 0 unspecified atom stereocenters. The summed E-state index contributed by atoms with van der Waals surface area (Å²) in [4.78, 5) is 0. The third-order valence-corrected chi connectivity index (χ3v) is 4.74. The van der Waals surface area contributed by atoms with Crippen LogP contribution in [0.25, 0.3) is 0 Å². The van der Waals surface area contributed by atoms with E-state index >= 15 is 0 Å². The fourth-order valence-electron chi connectivity index (χ4n) is 3.19. The van der Waals surface area contributed by atoms with Gasteiger partial charge in [0.2, 0.25) is 0 Å². The molecule has 18 heavy (non-hydrogen) atoms. The smallest absolute Gasteiger partial charge is 0.122 e. The van der Waals surface area contributed by atoms with Crippen LogP contribution in [-0.2, 0) is 10.2 Å². The van der Waals surface area contributed by atoms with Crippen molar-refractivity contribution in [3.05, 3.63) is 29.3 Å². The van der Waals surface area contributed by atoms with Crippen molar-refractivity contribution in [2.75, 3.05) is 26.9 Å². The summed E-state index contributed by atoms with van der Waals surface area (Å²) in [5.41, 5.74) is 2.42. The number of hydrogen-bond acceptors (Lipinski definition) is 3. The van der Waals surface area contributed by atoms with Crippen LogP contribution in [0, 0.1) is 12.3 Å². The van der Waals surface area contributed by atoms with Gasteiger partial charge in [-0.05, 0) is 25.8 Å². The minimum absolute atomic E-state index is 0.0202. The maximum Gasteiger partial charge on any atom is 0.122 e. The molecular weight excluding hydrogens is 228 g/mol. The summed E-state index contributed by atoms with van der Waals surface area (Å²) in [7, 11) is 1.71. The molecule has 1 aromatic carbocycles. The molecule has 2 aliphatic rings. The van der Waals surface area contributed by atoms with Crippen LogP contribution in [0.1, 0.15) is 24.0 Å². The highest BCUT2D eigenvalue weighted by molar-refractivity contribution is 5.46. The maximum absolute atomic E-state index is 9.76. The molecule has 1 aliphatic carbocycles. The minimum atomic E-state index is -0.0425. The molecule has 1 aliphatic heterocycles. The average Bonchev–Trinajstić information content (AvgIpc) is 3.09. The Balaban J connectivity index is 2.09. The lowest BCUT2D eigenvalue weighted by molar-refractivity contribution is -0.111. The van der Waals surface area contributed by atoms with Gasteiger partial charge in [-0.1, -0.05) is 17.7 Å². The van der Waals surface area contributed by atoms with Crippen LogP contribution >= 0.6 is 0 Å². The van der Waals surface area contributed by atoms with E-state index in [-0.39, 0.29) is 17.4 Å². The number of rotatable bonds is 4. The van der Waals surface area contributed by atoms with E-state index in [1.807, 2.05) is 6.07 Å². The predicted molar refractivity (Wildman–Crippen MR) is 69.0 cm³/mol. The van der Waals surface area contributed by atoms with Crippen molar-refractivity contribution < 1.29 is 14.6 Å². The molecule has 1 N–H and O–H groups in total. The van der Waals surface area contributed by atoms with Crippen LogP contribution in [-0.4, -0.2) is 32.0 Å². The van der Waals surface area contributed by atoms with E-state index in [9.17, 15) is 5.11 Å². The van der Waals surface area contributed by atoms with E-state index in [1.54, 1.807) is 7.11 Å². The van der Waals surface area contributed by atoms with Gasteiger partial charge in [-0.3, -0.25) is 0 Å². The van der Waals surface area contributed by atoms with Crippen LogP contribution in [0.3, 0.4) is 0 Å². The molecular formula is C15H20O3. The topological polar surface area (TPSA) is 38.7 Å². The summed E-state index contributed by atoms with van der Waals surface area (Å²) >= 11 is 0. The van der Waals surface area contributed by atoms with Crippen molar-refractivity contribution in [3.63, 3.8) is 0 Å². The zero-order chi connectivity index (χ0) is 12.8. The van der Waals surface area contributed by atoms with Gasteiger partial charge >= 0.3 is 0 Å². The Morgan fingerprint density at radius 3 is 2.50 bits per heavy atom. The first kappa shape index (κ1) is 12.0. The van der Waals surface area contributed by atoms with Gasteiger partial charge in [0.25, 0.3) is 0 Å². The number of aliphatic hydroxyl groups excluding tert-OH is 1. The molecule has 0 aromatic heterocycles. The molecule has 1 saturated carbocycles. The fraction of sp³-hybridized carbons (Fsp3) is 0.600. The fourth-order valence-corrected chi connectivity index (χ4v) is 3.19. The standard InChI is InChI=1S/C15H20O3/c1-11-3-4-13(17-2)12(7-11)15(9-18-10-15)14(8-16)5-6-14/h3-4,7,16H,5-6,8-10H2,1-2H3. The number of methoxy groups -OCH3 is 1. The summed E-state index contributed by atoms with van der Waals surface area (Å²) < 4.78 is 11.0. The Kier molecular flexibility index (Phi) is 2.65. The Morgan fingerprint density at radius 1 is 1.33 bits per heavy atom. The predicted octanol–water partition coefficient (Wildman–Crippen LogP) is 2.04. The molecule has 0 bridgehead atoms. The third kappa shape index (κ3) is 1.44. The normalized spacial score (nSPS) is 23.3. The molecule has 0 atom stereocenters. The molecule has 3 heteroatoms. The second-order valence-corrected chi connectivity index (χ2v) is 5.72. The van der Waals surface area contributed by atoms with Crippen LogP contribution in [0.4, 0.5) is 0 Å². The van der Waals surface area contributed by atoms with Gasteiger partial charge in [-0.25, -0.2) is 0 Å². The zero-order valence-corrected chi connectivity index (χ0v) is 11.0. The second kappa shape index (κ2) is 3.97. The van der Waals surface area contributed by atoms with Crippen molar-refractivity contribution in [2.24, 2.45) is 5.41 Å². The molecule has 1 heterocycles. The lowest BCUT2D eigenvalue weighted by Crippen LogP contribution is -2.55. The summed E-state index contributed by atoms with van der Waals surface area (Å²) in [5.74, 6) is 0.920. The van der Waals surface area contributed by atoms with E-state index < -0.39 is 0 Å². The van der Waals surface area contributed by atoms with Gasteiger partial charge in [0, 0.05) is 17.6 Å². The number of benzene rings is 1. The van der Waals surface area contributed by atoms with E-state index in [2.05, 4.69) is 19.1 Å². The Morgan fingerprint density at radius 2 is 2.06 bits per heavy atom. The molecule has 0 amide bonds. The second-order valence-electron chi connectivity index (χ2n) is 5.72. The van der Waals surface area contributed by atoms with Crippen LogP contribution in [0.5, 0.6) is 5.75 Å². The SMILES string of the molecule is COc1ccc(C)cc1C1(C2(CO)CC2)COC1. The monoisotopic (exact) mass is 248 g/mol. The third-order valence-electron chi connectivity index (χ3n) is 4.74. The van der Waals surface area contributed by atoms with Gasteiger partial charge in [-0.2, -0.15) is 0 Å². The molecule has 3 rings (SSSR count). The summed E-state index contributed by atoms with van der Waals surface area (Å²) in [6.45, 7) is 3.74. The molecule has 0 spiro atoms. The van der Waals surface area contributed by atoms with E-state index in [0.717, 1.165) is 18.6 Å². The number of aliphatic hydroxyl groups is 1. The minimum Gasteiger partial charge on any atom is -0.496 e. The van der Waals surface area contributed by atoms with Gasteiger partial charge < -0.3 is 14.6 Å². The summed E-state index contributed by atoms with van der Waals surface area (Å²) in [5, 5.41) is 9.76. The highest BCUT2D eigenvalue weighted by atomic mass is 16.5. The first-order valence-corrected chi connectivity index (χ1v) is 6.51. The molecule has 2 fully saturated rings. The molecule has 1 aromatic rings. The Labute approximate surface area is 108 Å². The average molecular weight is 248 g/mol. The van der Waals surface area contributed by atoms with Crippen LogP contribution in [0.2, 0.25) is 0 Å². The maximum atomic E-state index is 9.76. The number of aryl methyl sites for hydroxylation is 1. The van der Waals surface area contributed by atoms with Gasteiger partial charge in [0.15, 0.2) is 0 Å². The van der Waals surface area contributed by atoms with Crippen molar-refractivity contribution in [1.82, 2.24) is 0 Å². The largest absolute Gasteiger partial charge is 0.496 e. The van der Waals surface area contributed by atoms with Crippen molar-refractivity contribution in [1.29, 1.82) is 0 Å². The first-order valence-electron chi connectivity index (χ1n) is 6.51. The molecule has 1 saturated heterocycles.